The zero-order valence-electron chi connectivity index (χ0n) is 19.6. The number of ether oxygens (including phenoxy) is 1. The molecular formula is C27H31N3O5. The fraction of sp³-hybridized carbons (Fsp3) is 0.444. The first kappa shape index (κ1) is 23.5. The Morgan fingerprint density at radius 2 is 1.86 bits per heavy atom. The first-order valence-electron chi connectivity index (χ1n) is 12.3. The Kier molecular flexibility index (Phi) is 6.34. The van der Waals surface area contributed by atoms with Gasteiger partial charge in [0.25, 0.3) is 0 Å². The lowest BCUT2D eigenvalue weighted by Gasteiger charge is -2.44. The summed E-state index contributed by atoms with van der Waals surface area (Å²) in [7, 11) is 0. The van der Waals surface area contributed by atoms with Crippen molar-refractivity contribution in [3.05, 3.63) is 59.7 Å². The van der Waals surface area contributed by atoms with Crippen molar-refractivity contribution in [1.29, 1.82) is 0 Å². The summed E-state index contributed by atoms with van der Waals surface area (Å²) in [6, 6.07) is 14.6. The van der Waals surface area contributed by atoms with E-state index in [2.05, 4.69) is 10.2 Å². The van der Waals surface area contributed by atoms with E-state index in [1.807, 2.05) is 30.3 Å². The first-order valence-corrected chi connectivity index (χ1v) is 12.3. The Bertz CT molecular complexity index is 1150. The molecule has 4 atom stereocenters. The molecule has 184 valence electrons. The standard InChI is InChI=1S/C27H31N3O5/c28-27(26(33)34,24-19-7-1-2-9-21(19)29-22-10-4-8-20(22)24)16-23(31)25(32)17-5-3-6-18(15-17)30-11-13-35-14-12-30/h1-3,5-7,9,15,20,22,24,29H,4,8,10-14,16,28H2,(H,33,34)/t20-,22+,24?,27?/m0/s1. The lowest BCUT2D eigenvalue weighted by atomic mass is 9.66. The molecule has 2 aromatic rings. The molecule has 0 bridgehead atoms. The van der Waals surface area contributed by atoms with Gasteiger partial charge in [0.15, 0.2) is 0 Å². The van der Waals surface area contributed by atoms with Crippen molar-refractivity contribution in [3.63, 3.8) is 0 Å². The number of nitrogens with two attached hydrogens (primary N) is 1. The van der Waals surface area contributed by atoms with E-state index in [9.17, 15) is 19.5 Å². The molecule has 2 fully saturated rings. The van der Waals surface area contributed by atoms with Gasteiger partial charge < -0.3 is 25.8 Å². The molecule has 0 spiro atoms. The van der Waals surface area contributed by atoms with Crippen molar-refractivity contribution in [1.82, 2.24) is 0 Å². The average molecular weight is 478 g/mol. The number of morpholine rings is 1. The van der Waals surface area contributed by atoms with E-state index in [4.69, 9.17) is 10.5 Å². The van der Waals surface area contributed by atoms with Gasteiger partial charge in [-0.1, -0.05) is 36.8 Å². The highest BCUT2D eigenvalue weighted by Crippen LogP contribution is 2.50. The van der Waals surface area contributed by atoms with Gasteiger partial charge in [0.2, 0.25) is 11.6 Å². The summed E-state index contributed by atoms with van der Waals surface area (Å²) in [5.41, 5.74) is 7.48. The van der Waals surface area contributed by atoms with Crippen molar-refractivity contribution in [3.8, 4) is 0 Å². The molecule has 1 saturated carbocycles. The quantitative estimate of drug-likeness (QED) is 0.411. The number of carboxylic acid groups (broad SMARTS) is 1. The molecule has 0 aromatic heterocycles. The maximum absolute atomic E-state index is 13.3. The summed E-state index contributed by atoms with van der Waals surface area (Å²) in [5, 5.41) is 13.8. The highest BCUT2D eigenvalue weighted by Gasteiger charge is 2.53. The molecule has 8 nitrogen and oxygen atoms in total. The van der Waals surface area contributed by atoms with Gasteiger partial charge >= 0.3 is 5.97 Å². The Morgan fingerprint density at radius 3 is 2.63 bits per heavy atom. The van der Waals surface area contributed by atoms with Crippen molar-refractivity contribution >= 4 is 28.9 Å². The summed E-state index contributed by atoms with van der Waals surface area (Å²) in [4.78, 5) is 41.2. The molecule has 2 aromatic carbocycles. The average Bonchev–Trinajstić information content (AvgIpc) is 3.35. The van der Waals surface area contributed by atoms with E-state index in [-0.39, 0.29) is 17.5 Å². The summed E-state index contributed by atoms with van der Waals surface area (Å²) < 4.78 is 5.39. The van der Waals surface area contributed by atoms with Gasteiger partial charge in [-0.3, -0.25) is 14.4 Å². The fourth-order valence-electron chi connectivity index (χ4n) is 6.05. The van der Waals surface area contributed by atoms with Crippen LogP contribution in [0.5, 0.6) is 0 Å². The van der Waals surface area contributed by atoms with Crippen LogP contribution < -0.4 is 16.0 Å². The molecule has 2 unspecified atom stereocenters. The minimum Gasteiger partial charge on any atom is -0.480 e. The number of rotatable bonds is 7. The van der Waals surface area contributed by atoms with Crippen LogP contribution in [-0.2, 0) is 14.3 Å². The topological polar surface area (TPSA) is 122 Å². The van der Waals surface area contributed by atoms with Gasteiger partial charge in [-0.25, -0.2) is 0 Å². The number of carboxylic acids is 1. The first-order chi connectivity index (χ1) is 16.9. The van der Waals surface area contributed by atoms with Crippen LogP contribution in [0.25, 0.3) is 0 Å². The normalized spacial score (nSPS) is 25.1. The van der Waals surface area contributed by atoms with E-state index < -0.39 is 35.4 Å². The lowest BCUT2D eigenvalue weighted by molar-refractivity contribution is -0.146. The number of ketones is 2. The largest absolute Gasteiger partial charge is 0.480 e. The number of hydrogen-bond acceptors (Lipinski definition) is 7. The third-order valence-corrected chi connectivity index (χ3v) is 7.78. The summed E-state index contributed by atoms with van der Waals surface area (Å²) >= 11 is 0. The number of fused-ring (bicyclic) bond motifs is 2. The Hall–Kier alpha value is -3.23. The predicted molar refractivity (Wildman–Crippen MR) is 132 cm³/mol. The Labute approximate surface area is 204 Å². The molecule has 0 radical (unpaired) electrons. The monoisotopic (exact) mass is 477 g/mol. The fourth-order valence-corrected chi connectivity index (χ4v) is 6.05. The number of nitrogens with one attached hydrogen (secondary N) is 1. The van der Waals surface area contributed by atoms with E-state index in [1.165, 1.54) is 0 Å². The number of para-hydroxylation sites is 1. The number of Topliss-reactive ketones (excluding diaryl/α,β-unsaturated/α-hetero) is 2. The number of hydrogen-bond donors (Lipinski definition) is 3. The SMILES string of the molecule is NC(CC(=O)C(=O)c1cccc(N2CCOCC2)c1)(C(=O)O)C1c2ccccc2N[C@@H]2CCC[C@H]12. The molecule has 0 amide bonds. The minimum absolute atomic E-state index is 0.0152. The third kappa shape index (κ3) is 4.32. The molecular weight excluding hydrogens is 446 g/mol. The van der Waals surface area contributed by atoms with Gasteiger partial charge in [-0.2, -0.15) is 0 Å². The number of anilines is 2. The van der Waals surface area contributed by atoms with E-state index in [1.54, 1.807) is 18.2 Å². The predicted octanol–water partition coefficient (Wildman–Crippen LogP) is 2.83. The molecule has 35 heavy (non-hydrogen) atoms. The molecule has 8 heteroatoms. The van der Waals surface area contributed by atoms with Gasteiger partial charge in [0.1, 0.15) is 5.54 Å². The van der Waals surface area contributed by atoms with Gasteiger partial charge in [0, 0.05) is 48.4 Å². The molecule has 5 rings (SSSR count). The van der Waals surface area contributed by atoms with E-state index >= 15 is 0 Å². The van der Waals surface area contributed by atoms with E-state index in [0.29, 0.717) is 26.3 Å². The van der Waals surface area contributed by atoms with Gasteiger partial charge in [-0.15, -0.1) is 0 Å². The number of carbonyl (C=O) groups is 3. The van der Waals surface area contributed by atoms with Crippen LogP contribution in [0.3, 0.4) is 0 Å². The third-order valence-electron chi connectivity index (χ3n) is 7.78. The van der Waals surface area contributed by atoms with Crippen LogP contribution >= 0.6 is 0 Å². The summed E-state index contributed by atoms with van der Waals surface area (Å²) in [6.07, 6.45) is 2.16. The minimum atomic E-state index is -1.89. The van der Waals surface area contributed by atoms with Crippen molar-refractivity contribution in [2.24, 2.45) is 11.7 Å². The zero-order chi connectivity index (χ0) is 24.6. The van der Waals surface area contributed by atoms with Crippen molar-refractivity contribution in [2.75, 3.05) is 36.5 Å². The molecule has 3 aliphatic rings. The highest BCUT2D eigenvalue weighted by molar-refractivity contribution is 6.44. The van der Waals surface area contributed by atoms with Crippen LogP contribution in [0.2, 0.25) is 0 Å². The molecule has 1 aliphatic carbocycles. The van der Waals surface area contributed by atoms with Gasteiger partial charge in [0.05, 0.1) is 13.2 Å². The second kappa shape index (κ2) is 9.43. The van der Waals surface area contributed by atoms with Crippen LogP contribution in [0.4, 0.5) is 11.4 Å². The molecule has 1 saturated heterocycles. The molecule has 2 aliphatic heterocycles. The molecule has 2 heterocycles. The smallest absolute Gasteiger partial charge is 0.324 e. The van der Waals surface area contributed by atoms with Gasteiger partial charge in [-0.05, 0) is 42.5 Å². The van der Waals surface area contributed by atoms with Crippen LogP contribution in [0.15, 0.2) is 48.5 Å². The maximum atomic E-state index is 13.3. The summed E-state index contributed by atoms with van der Waals surface area (Å²) in [6.45, 7) is 2.61. The number of carbonyl (C=O) groups excluding carboxylic acids is 2. The second-order valence-electron chi connectivity index (χ2n) is 9.83. The van der Waals surface area contributed by atoms with Crippen LogP contribution in [0.1, 0.15) is 47.5 Å². The Balaban J connectivity index is 1.43. The molecule has 4 N–H and O–H groups in total. The van der Waals surface area contributed by atoms with Crippen LogP contribution in [0, 0.1) is 5.92 Å². The number of benzene rings is 2. The second-order valence-corrected chi connectivity index (χ2v) is 9.83. The lowest BCUT2D eigenvalue weighted by Crippen LogP contribution is -2.59. The Morgan fingerprint density at radius 1 is 1.09 bits per heavy atom. The maximum Gasteiger partial charge on any atom is 0.324 e. The number of nitrogens with zero attached hydrogens (tertiary/aromatic N) is 1. The van der Waals surface area contributed by atoms with Crippen LogP contribution in [-0.4, -0.2) is 60.5 Å². The van der Waals surface area contributed by atoms with E-state index in [0.717, 1.165) is 36.2 Å². The number of aliphatic carboxylic acids is 1. The van der Waals surface area contributed by atoms with Crippen molar-refractivity contribution in [2.45, 2.75) is 43.2 Å². The summed E-state index contributed by atoms with van der Waals surface area (Å²) in [5.74, 6) is -3.33. The zero-order valence-corrected chi connectivity index (χ0v) is 19.6. The van der Waals surface area contributed by atoms with Crippen molar-refractivity contribution < 1.29 is 24.2 Å². The highest BCUT2D eigenvalue weighted by atomic mass is 16.5.